The van der Waals surface area contributed by atoms with Gasteiger partial charge in [0, 0.05) is 11.3 Å². The summed E-state index contributed by atoms with van der Waals surface area (Å²) in [6.45, 7) is 20.9. The zero-order valence-corrected chi connectivity index (χ0v) is 18.1. The molecule has 0 atom stereocenters. The van der Waals surface area contributed by atoms with Crippen LogP contribution >= 0.6 is 0 Å². The van der Waals surface area contributed by atoms with Crippen LogP contribution in [-0.4, -0.2) is 26.6 Å². The van der Waals surface area contributed by atoms with Crippen LogP contribution in [0.3, 0.4) is 0 Å². The predicted octanol–water partition coefficient (Wildman–Crippen LogP) is 5.89. The molecule has 0 aliphatic carbocycles. The second-order valence-electron chi connectivity index (χ2n) is 6.22. The molecule has 0 fully saturated rings. The van der Waals surface area contributed by atoms with E-state index in [0.717, 1.165) is 17.0 Å². The highest BCUT2D eigenvalue weighted by Gasteiger charge is 2.29. The lowest BCUT2D eigenvalue weighted by Crippen LogP contribution is -2.33. The quantitative estimate of drug-likeness (QED) is 0.631. The molecule has 25 heavy (non-hydrogen) atoms. The van der Waals surface area contributed by atoms with E-state index >= 15 is 0 Å². The highest BCUT2D eigenvalue weighted by molar-refractivity contribution is 5.69. The van der Waals surface area contributed by atoms with E-state index in [4.69, 9.17) is 4.74 Å². The van der Waals surface area contributed by atoms with Crippen molar-refractivity contribution in [3.05, 3.63) is 23.3 Å². The molecule has 0 spiro atoms. The van der Waals surface area contributed by atoms with Gasteiger partial charge in [0.2, 0.25) is 0 Å². The number of nitrogens with zero attached hydrogens (tertiary/aromatic N) is 3. The number of unbranched alkanes of at least 4 members (excludes halogenated alkanes) is 1. The van der Waals surface area contributed by atoms with Crippen molar-refractivity contribution >= 4 is 6.09 Å². The Morgan fingerprint density at radius 3 is 2.00 bits per heavy atom. The summed E-state index contributed by atoms with van der Waals surface area (Å²) < 4.78 is 5.33. The number of hydrogen-bond acceptors (Lipinski definition) is 4. The molecular weight excluding hydrogens is 314 g/mol. The normalized spacial score (nSPS) is 11.7. The van der Waals surface area contributed by atoms with Gasteiger partial charge in [0.1, 0.15) is 11.9 Å². The van der Waals surface area contributed by atoms with Crippen LogP contribution in [0.4, 0.5) is 4.79 Å². The van der Waals surface area contributed by atoms with Crippen molar-refractivity contribution in [2.75, 3.05) is 0 Å². The molecular formula is C20H39N3O2. The summed E-state index contributed by atoms with van der Waals surface area (Å²) in [5.41, 5.74) is 2.43. The summed E-state index contributed by atoms with van der Waals surface area (Å²) >= 11 is 0. The van der Waals surface area contributed by atoms with Crippen LogP contribution in [-0.2, 0) is 17.8 Å². The number of aromatic nitrogens is 2. The van der Waals surface area contributed by atoms with Crippen molar-refractivity contribution in [3.8, 4) is 0 Å². The lowest BCUT2D eigenvalue weighted by atomic mass is 10.2. The maximum Gasteiger partial charge on any atom is 0.410 e. The Morgan fingerprint density at radius 2 is 1.60 bits per heavy atom. The molecule has 1 aromatic rings. The van der Waals surface area contributed by atoms with Crippen LogP contribution in [0.1, 0.15) is 92.1 Å². The van der Waals surface area contributed by atoms with Crippen molar-refractivity contribution in [2.45, 2.75) is 101 Å². The fourth-order valence-electron chi connectivity index (χ4n) is 1.77. The first-order chi connectivity index (χ1) is 11.8. The van der Waals surface area contributed by atoms with Crippen LogP contribution in [0.2, 0.25) is 0 Å². The Hall–Kier alpha value is -1.65. The third kappa shape index (κ3) is 10.0. The van der Waals surface area contributed by atoms with E-state index in [1.165, 1.54) is 19.2 Å². The van der Waals surface area contributed by atoms with Crippen molar-refractivity contribution < 1.29 is 9.53 Å². The number of carbonyl (C=O) groups is 1. The molecule has 0 radical (unpaired) electrons. The Labute approximate surface area is 155 Å². The number of ether oxygens (including phenoxy) is 1. The number of fused-ring (bicyclic) bond motifs is 1. The lowest BCUT2D eigenvalue weighted by Gasteiger charge is -2.23. The molecule has 146 valence electrons. The summed E-state index contributed by atoms with van der Waals surface area (Å²) in [4.78, 5) is 21.9. The van der Waals surface area contributed by atoms with E-state index in [1.807, 2.05) is 55.4 Å². The van der Waals surface area contributed by atoms with E-state index < -0.39 is 5.60 Å². The monoisotopic (exact) mass is 353 g/mol. The van der Waals surface area contributed by atoms with Gasteiger partial charge in [0.25, 0.3) is 0 Å². The van der Waals surface area contributed by atoms with Crippen LogP contribution < -0.4 is 0 Å². The van der Waals surface area contributed by atoms with Gasteiger partial charge in [-0.05, 0) is 27.7 Å². The standard InChI is InChI=1S/C12H17N3O2.C4H10.2C2H6/c1-8-9-5-15(6-10(9)14-7-13-8)11(16)17-12(2,3)4;1-3-4-2;2*1-2/h7H,5-6H2,1-4H3;3-4H2,1-2H3;2*1-2H3. The van der Waals surface area contributed by atoms with Gasteiger partial charge < -0.3 is 4.74 Å². The van der Waals surface area contributed by atoms with Crippen molar-refractivity contribution in [3.63, 3.8) is 0 Å². The van der Waals surface area contributed by atoms with Crippen LogP contribution in [0.15, 0.2) is 6.33 Å². The molecule has 1 aliphatic rings. The Morgan fingerprint density at radius 1 is 1.08 bits per heavy atom. The van der Waals surface area contributed by atoms with Crippen molar-refractivity contribution in [2.24, 2.45) is 0 Å². The topological polar surface area (TPSA) is 55.3 Å². The summed E-state index contributed by atoms with van der Waals surface area (Å²) in [5, 5.41) is 0. The molecule has 0 saturated heterocycles. The van der Waals surface area contributed by atoms with Gasteiger partial charge in [-0.3, -0.25) is 4.90 Å². The average Bonchev–Trinajstić information content (AvgIpc) is 3.03. The first-order valence-corrected chi connectivity index (χ1v) is 9.55. The Bertz CT molecular complexity index is 480. The Kier molecular flexibility index (Phi) is 13.9. The summed E-state index contributed by atoms with van der Waals surface area (Å²) in [6, 6.07) is 0. The van der Waals surface area contributed by atoms with Gasteiger partial charge >= 0.3 is 6.09 Å². The number of amides is 1. The van der Waals surface area contributed by atoms with Crippen LogP contribution in [0.25, 0.3) is 0 Å². The molecule has 1 amide bonds. The fourth-order valence-corrected chi connectivity index (χ4v) is 1.77. The molecule has 0 aromatic carbocycles. The van der Waals surface area contributed by atoms with Gasteiger partial charge in [-0.25, -0.2) is 14.8 Å². The van der Waals surface area contributed by atoms with Gasteiger partial charge in [0.05, 0.1) is 18.8 Å². The van der Waals surface area contributed by atoms with Gasteiger partial charge in [0.15, 0.2) is 0 Å². The second kappa shape index (κ2) is 13.6. The number of aryl methyl sites for hydroxylation is 1. The highest BCUT2D eigenvalue weighted by atomic mass is 16.6. The smallest absolute Gasteiger partial charge is 0.410 e. The maximum absolute atomic E-state index is 11.9. The molecule has 0 unspecified atom stereocenters. The minimum absolute atomic E-state index is 0.296. The van der Waals surface area contributed by atoms with E-state index in [0.29, 0.717) is 13.1 Å². The van der Waals surface area contributed by atoms with Gasteiger partial charge in [-0.2, -0.15) is 0 Å². The molecule has 1 aliphatic heterocycles. The minimum Gasteiger partial charge on any atom is -0.444 e. The number of rotatable bonds is 1. The predicted molar refractivity (Wildman–Crippen MR) is 106 cm³/mol. The van der Waals surface area contributed by atoms with E-state index in [1.54, 1.807) is 4.90 Å². The first-order valence-electron chi connectivity index (χ1n) is 9.55. The summed E-state index contributed by atoms with van der Waals surface area (Å²) in [7, 11) is 0. The zero-order valence-electron chi connectivity index (χ0n) is 18.1. The molecule has 0 saturated carbocycles. The molecule has 2 heterocycles. The SMILES string of the molecule is CC.CC.CCCC.Cc1ncnc2c1CN(C(=O)OC(C)(C)C)C2. The molecule has 5 heteroatoms. The third-order valence-corrected chi connectivity index (χ3v) is 3.09. The van der Waals surface area contributed by atoms with Crippen molar-refractivity contribution in [1.82, 2.24) is 14.9 Å². The van der Waals surface area contributed by atoms with Crippen LogP contribution in [0, 0.1) is 6.92 Å². The lowest BCUT2D eigenvalue weighted by molar-refractivity contribution is 0.0240. The van der Waals surface area contributed by atoms with Crippen LogP contribution in [0.5, 0.6) is 0 Å². The van der Waals surface area contributed by atoms with E-state index in [-0.39, 0.29) is 6.09 Å². The molecule has 0 N–H and O–H groups in total. The molecule has 2 rings (SSSR count). The summed E-state index contributed by atoms with van der Waals surface area (Å²) in [6.07, 6.45) is 3.88. The number of carbonyl (C=O) groups excluding carboxylic acids is 1. The largest absolute Gasteiger partial charge is 0.444 e. The number of hydrogen-bond donors (Lipinski definition) is 0. The van der Waals surface area contributed by atoms with E-state index in [2.05, 4.69) is 23.8 Å². The third-order valence-electron chi connectivity index (χ3n) is 3.09. The minimum atomic E-state index is -0.466. The summed E-state index contributed by atoms with van der Waals surface area (Å²) in [5.74, 6) is 0. The van der Waals surface area contributed by atoms with Crippen molar-refractivity contribution in [1.29, 1.82) is 0 Å². The fraction of sp³-hybridized carbons (Fsp3) is 0.750. The van der Waals surface area contributed by atoms with Gasteiger partial charge in [-0.15, -0.1) is 0 Å². The zero-order chi connectivity index (χ0) is 20.0. The van der Waals surface area contributed by atoms with Gasteiger partial charge in [-0.1, -0.05) is 54.4 Å². The molecule has 0 bridgehead atoms. The average molecular weight is 354 g/mol. The highest BCUT2D eigenvalue weighted by Crippen LogP contribution is 2.24. The van der Waals surface area contributed by atoms with E-state index in [9.17, 15) is 4.79 Å². The molecule has 5 nitrogen and oxygen atoms in total. The maximum atomic E-state index is 11.9. The molecule has 1 aromatic heterocycles. The second-order valence-corrected chi connectivity index (χ2v) is 6.22. The Balaban J connectivity index is 0. The first kappa shape index (κ1) is 25.6.